The number of anilines is 3. The van der Waals surface area contributed by atoms with Crippen LogP contribution in [0, 0.1) is 13.8 Å². The molecule has 0 unspecified atom stereocenters. The van der Waals surface area contributed by atoms with Crippen molar-refractivity contribution in [2.45, 2.75) is 13.8 Å². The maximum absolute atomic E-state index is 4.26. The highest BCUT2D eigenvalue weighted by Crippen LogP contribution is 2.19. The molecule has 0 aliphatic heterocycles. The highest BCUT2D eigenvalue weighted by molar-refractivity contribution is 5.61. The first kappa shape index (κ1) is 12.3. The van der Waals surface area contributed by atoms with Crippen molar-refractivity contribution in [2.24, 2.45) is 0 Å². The minimum Gasteiger partial charge on any atom is -0.378 e. The summed E-state index contributed by atoms with van der Waals surface area (Å²) in [6.45, 7) is 3.71. The van der Waals surface area contributed by atoms with Crippen LogP contribution in [-0.2, 0) is 0 Å². The van der Waals surface area contributed by atoms with Crippen molar-refractivity contribution in [1.82, 2.24) is 15.0 Å². The zero-order chi connectivity index (χ0) is 13.1. The number of benzene rings is 1. The number of nitrogens with zero attached hydrogens (tertiary/aromatic N) is 4. The Morgan fingerprint density at radius 2 is 1.67 bits per heavy atom. The third kappa shape index (κ3) is 2.94. The fourth-order valence-corrected chi connectivity index (χ4v) is 1.66. The molecule has 5 nitrogen and oxygen atoms in total. The molecular formula is C13H17N5. The van der Waals surface area contributed by atoms with Crippen molar-refractivity contribution < 1.29 is 0 Å². The number of hydrogen-bond donors (Lipinski definition) is 1. The predicted octanol–water partition coefficient (Wildman–Crippen LogP) is 2.30. The van der Waals surface area contributed by atoms with E-state index >= 15 is 0 Å². The Bertz CT molecular complexity index is 531. The van der Waals surface area contributed by atoms with Crippen molar-refractivity contribution in [3.63, 3.8) is 0 Å². The molecule has 2 aromatic rings. The molecular weight excluding hydrogens is 226 g/mol. The van der Waals surface area contributed by atoms with Crippen molar-refractivity contribution in [2.75, 3.05) is 24.3 Å². The Kier molecular flexibility index (Phi) is 3.41. The summed E-state index contributed by atoms with van der Waals surface area (Å²) in [5, 5.41) is 3.19. The van der Waals surface area contributed by atoms with Crippen molar-refractivity contribution >= 4 is 17.3 Å². The molecule has 0 saturated heterocycles. The van der Waals surface area contributed by atoms with Gasteiger partial charge in [0.1, 0.15) is 11.6 Å². The average Bonchev–Trinajstić information content (AvgIpc) is 2.27. The van der Waals surface area contributed by atoms with E-state index < -0.39 is 0 Å². The second-order valence-electron chi connectivity index (χ2n) is 4.32. The summed E-state index contributed by atoms with van der Waals surface area (Å²) < 4.78 is 0. The quantitative estimate of drug-likeness (QED) is 0.896. The summed E-state index contributed by atoms with van der Waals surface area (Å²) in [7, 11) is 4.02. The number of nitrogens with one attached hydrogen (secondary N) is 1. The van der Waals surface area contributed by atoms with Gasteiger partial charge in [-0.1, -0.05) is 6.07 Å². The van der Waals surface area contributed by atoms with E-state index in [1.165, 1.54) is 0 Å². The van der Waals surface area contributed by atoms with Crippen LogP contribution in [0.4, 0.5) is 17.3 Å². The van der Waals surface area contributed by atoms with Gasteiger partial charge in [-0.15, -0.1) is 0 Å². The van der Waals surface area contributed by atoms with Crippen LogP contribution >= 0.6 is 0 Å². The van der Waals surface area contributed by atoms with Gasteiger partial charge in [-0.05, 0) is 32.0 Å². The molecule has 0 spiro atoms. The summed E-state index contributed by atoms with van der Waals surface area (Å²) in [5.74, 6) is 2.01. The van der Waals surface area contributed by atoms with E-state index in [1.54, 1.807) is 0 Å². The molecule has 0 aliphatic carbocycles. The Hall–Kier alpha value is -2.17. The molecule has 1 aromatic carbocycles. The second kappa shape index (κ2) is 5.00. The second-order valence-corrected chi connectivity index (χ2v) is 4.32. The molecule has 0 aliphatic rings. The summed E-state index contributed by atoms with van der Waals surface area (Å²) in [5.41, 5.74) is 2.09. The van der Waals surface area contributed by atoms with Crippen LogP contribution in [0.15, 0.2) is 24.3 Å². The lowest BCUT2D eigenvalue weighted by Crippen LogP contribution is -2.09. The van der Waals surface area contributed by atoms with Crippen molar-refractivity contribution in [1.29, 1.82) is 0 Å². The van der Waals surface area contributed by atoms with E-state index in [0.29, 0.717) is 17.6 Å². The number of aromatic nitrogens is 3. The Balaban J connectivity index is 2.25. The summed E-state index contributed by atoms with van der Waals surface area (Å²) >= 11 is 0. The van der Waals surface area contributed by atoms with Crippen LogP contribution in [0.1, 0.15) is 11.6 Å². The number of hydrogen-bond acceptors (Lipinski definition) is 5. The van der Waals surface area contributed by atoms with Crippen molar-refractivity contribution in [3.05, 3.63) is 35.9 Å². The van der Waals surface area contributed by atoms with Crippen LogP contribution in [0.25, 0.3) is 0 Å². The molecule has 1 heterocycles. The zero-order valence-electron chi connectivity index (χ0n) is 11.1. The lowest BCUT2D eigenvalue weighted by Gasteiger charge is -2.14. The molecule has 1 N–H and O–H groups in total. The minimum atomic E-state index is 0.580. The lowest BCUT2D eigenvalue weighted by atomic mass is 10.2. The fraction of sp³-hybridized carbons (Fsp3) is 0.308. The molecule has 94 valence electrons. The van der Waals surface area contributed by atoms with Gasteiger partial charge in [0.2, 0.25) is 5.95 Å². The maximum atomic E-state index is 4.26. The SMILES string of the molecule is Cc1nc(C)nc(Nc2cccc(N(C)C)c2)n1. The monoisotopic (exact) mass is 243 g/mol. The Morgan fingerprint density at radius 1 is 1.00 bits per heavy atom. The first-order valence-corrected chi connectivity index (χ1v) is 5.78. The van der Waals surface area contributed by atoms with Gasteiger partial charge in [0, 0.05) is 25.5 Å². The molecule has 0 bridgehead atoms. The van der Waals surface area contributed by atoms with Crippen LogP contribution < -0.4 is 10.2 Å². The number of rotatable bonds is 3. The summed E-state index contributed by atoms with van der Waals surface area (Å²) in [4.78, 5) is 14.7. The normalized spacial score (nSPS) is 10.2. The molecule has 1 aromatic heterocycles. The molecule has 5 heteroatoms. The standard InChI is InChI=1S/C13H17N5/c1-9-14-10(2)16-13(15-9)17-11-6-5-7-12(8-11)18(3)4/h5-8H,1-4H3,(H,14,15,16,17). The molecule has 18 heavy (non-hydrogen) atoms. The van der Waals surface area contributed by atoms with E-state index in [0.717, 1.165) is 11.4 Å². The van der Waals surface area contributed by atoms with E-state index in [4.69, 9.17) is 0 Å². The third-order valence-corrected chi connectivity index (χ3v) is 2.48. The summed E-state index contributed by atoms with van der Waals surface area (Å²) in [6.07, 6.45) is 0. The van der Waals surface area contributed by atoms with Crippen molar-refractivity contribution in [3.8, 4) is 0 Å². The molecule has 0 saturated carbocycles. The maximum Gasteiger partial charge on any atom is 0.230 e. The van der Waals surface area contributed by atoms with Crippen LogP contribution in [0.3, 0.4) is 0 Å². The Morgan fingerprint density at radius 3 is 2.28 bits per heavy atom. The van der Waals surface area contributed by atoms with Gasteiger partial charge >= 0.3 is 0 Å². The smallest absolute Gasteiger partial charge is 0.230 e. The van der Waals surface area contributed by atoms with E-state index in [1.807, 2.05) is 40.1 Å². The molecule has 0 fully saturated rings. The largest absolute Gasteiger partial charge is 0.378 e. The Labute approximate surface area is 107 Å². The highest BCUT2D eigenvalue weighted by Gasteiger charge is 2.02. The lowest BCUT2D eigenvalue weighted by molar-refractivity contribution is 0.928. The molecule has 0 amide bonds. The average molecular weight is 243 g/mol. The minimum absolute atomic E-state index is 0.580. The van der Waals surface area contributed by atoms with Gasteiger partial charge in [0.15, 0.2) is 0 Å². The van der Waals surface area contributed by atoms with E-state index in [-0.39, 0.29) is 0 Å². The van der Waals surface area contributed by atoms with Gasteiger partial charge in [0.05, 0.1) is 0 Å². The van der Waals surface area contributed by atoms with Gasteiger partial charge < -0.3 is 10.2 Å². The molecule has 2 rings (SSSR count). The first-order valence-electron chi connectivity index (χ1n) is 5.78. The molecule has 0 radical (unpaired) electrons. The predicted molar refractivity (Wildman–Crippen MR) is 73.4 cm³/mol. The van der Waals surface area contributed by atoms with Gasteiger partial charge in [-0.2, -0.15) is 9.97 Å². The summed E-state index contributed by atoms with van der Waals surface area (Å²) in [6, 6.07) is 8.09. The first-order chi connectivity index (χ1) is 8.54. The molecule has 0 atom stereocenters. The fourth-order valence-electron chi connectivity index (χ4n) is 1.66. The van der Waals surface area contributed by atoms with Gasteiger partial charge in [-0.25, -0.2) is 4.98 Å². The topological polar surface area (TPSA) is 53.9 Å². The van der Waals surface area contributed by atoms with Gasteiger partial charge in [0.25, 0.3) is 0 Å². The highest BCUT2D eigenvalue weighted by atomic mass is 15.2. The van der Waals surface area contributed by atoms with Crippen LogP contribution in [-0.4, -0.2) is 29.0 Å². The number of aryl methyl sites for hydroxylation is 2. The zero-order valence-corrected chi connectivity index (χ0v) is 11.1. The van der Waals surface area contributed by atoms with Gasteiger partial charge in [-0.3, -0.25) is 0 Å². The van der Waals surface area contributed by atoms with Crippen LogP contribution in [0.5, 0.6) is 0 Å². The van der Waals surface area contributed by atoms with Crippen LogP contribution in [0.2, 0.25) is 0 Å². The third-order valence-electron chi connectivity index (χ3n) is 2.48. The van der Waals surface area contributed by atoms with E-state index in [2.05, 4.69) is 37.3 Å². The van der Waals surface area contributed by atoms with E-state index in [9.17, 15) is 0 Å².